The number of nitrogens with zero attached hydrogens (tertiary/aromatic N) is 1. The maximum Gasteiger partial charge on any atom is 0.308 e. The molecule has 0 unspecified atom stereocenters. The van der Waals surface area contributed by atoms with Crippen LogP contribution in [-0.2, 0) is 9.53 Å². The van der Waals surface area contributed by atoms with Gasteiger partial charge in [0.1, 0.15) is 11.9 Å². The lowest BCUT2D eigenvalue weighted by molar-refractivity contribution is -0.143. The van der Waals surface area contributed by atoms with E-state index < -0.39 is 12.1 Å². The molecule has 2 N–H and O–H groups in total. The van der Waals surface area contributed by atoms with E-state index in [-0.39, 0.29) is 6.42 Å². The van der Waals surface area contributed by atoms with Crippen LogP contribution in [-0.4, -0.2) is 28.2 Å². The molecular weight excluding hydrogens is 208 g/mol. The van der Waals surface area contributed by atoms with Gasteiger partial charge in [-0.2, -0.15) is 0 Å². The van der Waals surface area contributed by atoms with Crippen LogP contribution in [0.15, 0.2) is 24.3 Å². The second-order valence-electron chi connectivity index (χ2n) is 3.44. The topological polar surface area (TPSA) is 75.2 Å². The molecular formula is C11H12N2O3. The molecule has 0 amide bonds. The zero-order valence-corrected chi connectivity index (χ0v) is 8.80. The van der Waals surface area contributed by atoms with E-state index in [2.05, 4.69) is 14.7 Å². The van der Waals surface area contributed by atoms with E-state index in [1.165, 1.54) is 7.11 Å². The van der Waals surface area contributed by atoms with Crippen molar-refractivity contribution >= 4 is 17.0 Å². The Morgan fingerprint density at radius 1 is 1.56 bits per heavy atom. The smallest absolute Gasteiger partial charge is 0.308 e. The van der Waals surface area contributed by atoms with Crippen molar-refractivity contribution in [2.45, 2.75) is 12.5 Å². The zero-order valence-electron chi connectivity index (χ0n) is 8.80. The predicted molar refractivity (Wildman–Crippen MR) is 57.7 cm³/mol. The average molecular weight is 220 g/mol. The highest BCUT2D eigenvalue weighted by Gasteiger charge is 2.16. The van der Waals surface area contributed by atoms with Gasteiger partial charge in [-0.25, -0.2) is 4.98 Å². The minimum atomic E-state index is -0.958. The van der Waals surface area contributed by atoms with Crippen LogP contribution in [0.3, 0.4) is 0 Å². The van der Waals surface area contributed by atoms with Gasteiger partial charge in [0.2, 0.25) is 0 Å². The molecule has 0 bridgehead atoms. The molecule has 0 aliphatic carbocycles. The number of carbonyl (C=O) groups is 1. The third kappa shape index (κ3) is 2.04. The summed E-state index contributed by atoms with van der Waals surface area (Å²) in [5.74, 6) is -0.0837. The van der Waals surface area contributed by atoms with Gasteiger partial charge in [0.05, 0.1) is 24.6 Å². The Morgan fingerprint density at radius 3 is 3.00 bits per heavy atom. The fourth-order valence-corrected chi connectivity index (χ4v) is 1.47. The third-order valence-corrected chi connectivity index (χ3v) is 2.31. The summed E-state index contributed by atoms with van der Waals surface area (Å²) in [6.45, 7) is 0. The van der Waals surface area contributed by atoms with Gasteiger partial charge in [-0.1, -0.05) is 12.1 Å². The second kappa shape index (κ2) is 4.32. The summed E-state index contributed by atoms with van der Waals surface area (Å²) < 4.78 is 4.48. The second-order valence-corrected chi connectivity index (χ2v) is 3.44. The number of esters is 1. The molecule has 0 saturated carbocycles. The van der Waals surface area contributed by atoms with Gasteiger partial charge in [-0.05, 0) is 12.1 Å². The molecule has 1 heterocycles. The van der Waals surface area contributed by atoms with Crippen LogP contribution in [0.4, 0.5) is 0 Å². The maximum atomic E-state index is 11.0. The van der Waals surface area contributed by atoms with Crippen molar-refractivity contribution in [1.82, 2.24) is 9.97 Å². The van der Waals surface area contributed by atoms with E-state index in [0.717, 1.165) is 11.0 Å². The molecule has 0 saturated heterocycles. The summed E-state index contributed by atoms with van der Waals surface area (Å²) in [6, 6.07) is 7.42. The first-order valence-electron chi connectivity index (χ1n) is 4.90. The fraction of sp³-hybridized carbons (Fsp3) is 0.273. The van der Waals surface area contributed by atoms with Crippen molar-refractivity contribution < 1.29 is 14.6 Å². The van der Waals surface area contributed by atoms with Crippen molar-refractivity contribution in [2.24, 2.45) is 0 Å². The molecule has 0 radical (unpaired) electrons. The number of benzene rings is 1. The third-order valence-electron chi connectivity index (χ3n) is 2.31. The Bertz CT molecular complexity index is 474. The number of rotatable bonds is 3. The monoisotopic (exact) mass is 220 g/mol. The predicted octanol–water partition coefficient (Wildman–Crippen LogP) is 1.16. The first kappa shape index (κ1) is 10.6. The highest BCUT2D eigenvalue weighted by atomic mass is 16.5. The molecule has 0 aliphatic rings. The SMILES string of the molecule is COC(=O)C[C@H](O)c1nc2ccccc2[nH]1. The van der Waals surface area contributed by atoms with Crippen LogP contribution in [0.5, 0.6) is 0 Å². The Labute approximate surface area is 92.1 Å². The lowest BCUT2D eigenvalue weighted by Crippen LogP contribution is -2.09. The molecule has 5 heteroatoms. The molecule has 2 aromatic rings. The van der Waals surface area contributed by atoms with E-state index in [0.29, 0.717) is 5.82 Å². The Hall–Kier alpha value is -1.88. The molecule has 1 atom stereocenters. The minimum Gasteiger partial charge on any atom is -0.469 e. The number of carbonyl (C=O) groups excluding carboxylic acids is 1. The quantitative estimate of drug-likeness (QED) is 0.761. The highest BCUT2D eigenvalue weighted by molar-refractivity contribution is 5.75. The number of aliphatic hydroxyl groups excluding tert-OH is 1. The number of aliphatic hydroxyl groups is 1. The minimum absolute atomic E-state index is 0.101. The van der Waals surface area contributed by atoms with Crippen molar-refractivity contribution in [3.63, 3.8) is 0 Å². The number of aromatic nitrogens is 2. The lowest BCUT2D eigenvalue weighted by Gasteiger charge is -2.04. The maximum absolute atomic E-state index is 11.0. The number of hydrogen-bond acceptors (Lipinski definition) is 4. The lowest BCUT2D eigenvalue weighted by atomic mass is 10.2. The first-order valence-corrected chi connectivity index (χ1v) is 4.90. The van der Waals surface area contributed by atoms with Gasteiger partial charge in [0, 0.05) is 0 Å². The van der Waals surface area contributed by atoms with E-state index >= 15 is 0 Å². The number of nitrogens with one attached hydrogen (secondary N) is 1. The van der Waals surface area contributed by atoms with E-state index in [9.17, 15) is 9.90 Å². The molecule has 2 rings (SSSR count). The Morgan fingerprint density at radius 2 is 2.31 bits per heavy atom. The molecule has 1 aromatic carbocycles. The number of para-hydroxylation sites is 2. The van der Waals surface area contributed by atoms with Gasteiger partial charge in [-0.3, -0.25) is 4.79 Å². The van der Waals surface area contributed by atoms with Gasteiger partial charge >= 0.3 is 5.97 Å². The van der Waals surface area contributed by atoms with E-state index in [1.54, 1.807) is 0 Å². The number of aromatic amines is 1. The molecule has 1 aromatic heterocycles. The zero-order chi connectivity index (χ0) is 11.5. The number of imidazole rings is 1. The highest BCUT2D eigenvalue weighted by Crippen LogP contribution is 2.18. The number of fused-ring (bicyclic) bond motifs is 1. The largest absolute Gasteiger partial charge is 0.469 e. The Kier molecular flexibility index (Phi) is 2.87. The summed E-state index contributed by atoms with van der Waals surface area (Å²) in [6.07, 6.45) is -1.06. The Balaban J connectivity index is 2.23. The molecule has 5 nitrogen and oxygen atoms in total. The molecule has 0 spiro atoms. The summed E-state index contributed by atoms with van der Waals surface area (Å²) in [4.78, 5) is 18.1. The van der Waals surface area contributed by atoms with Crippen molar-refractivity contribution in [1.29, 1.82) is 0 Å². The average Bonchev–Trinajstić information content (AvgIpc) is 2.72. The van der Waals surface area contributed by atoms with Gasteiger partial charge in [-0.15, -0.1) is 0 Å². The summed E-state index contributed by atoms with van der Waals surface area (Å²) in [5, 5.41) is 9.73. The fourth-order valence-electron chi connectivity index (χ4n) is 1.47. The van der Waals surface area contributed by atoms with Crippen LogP contribution >= 0.6 is 0 Å². The molecule has 0 aliphatic heterocycles. The van der Waals surface area contributed by atoms with Crippen molar-refractivity contribution in [3.8, 4) is 0 Å². The van der Waals surface area contributed by atoms with Gasteiger partial charge < -0.3 is 14.8 Å². The molecule has 84 valence electrons. The van der Waals surface area contributed by atoms with Crippen molar-refractivity contribution in [2.75, 3.05) is 7.11 Å². The van der Waals surface area contributed by atoms with Gasteiger partial charge in [0.25, 0.3) is 0 Å². The van der Waals surface area contributed by atoms with E-state index in [4.69, 9.17) is 0 Å². The van der Waals surface area contributed by atoms with Crippen LogP contribution in [0, 0.1) is 0 Å². The number of hydrogen-bond donors (Lipinski definition) is 2. The normalized spacial score (nSPS) is 12.6. The van der Waals surface area contributed by atoms with Crippen LogP contribution < -0.4 is 0 Å². The van der Waals surface area contributed by atoms with Gasteiger partial charge in [0.15, 0.2) is 0 Å². The van der Waals surface area contributed by atoms with Crippen LogP contribution in [0.2, 0.25) is 0 Å². The summed E-state index contributed by atoms with van der Waals surface area (Å²) in [7, 11) is 1.29. The number of H-pyrrole nitrogens is 1. The van der Waals surface area contributed by atoms with Crippen molar-refractivity contribution in [3.05, 3.63) is 30.1 Å². The number of methoxy groups -OCH3 is 1. The van der Waals surface area contributed by atoms with Crippen LogP contribution in [0.25, 0.3) is 11.0 Å². The molecule has 16 heavy (non-hydrogen) atoms. The van der Waals surface area contributed by atoms with E-state index in [1.807, 2.05) is 24.3 Å². The van der Waals surface area contributed by atoms with Crippen LogP contribution in [0.1, 0.15) is 18.3 Å². The summed E-state index contributed by atoms with van der Waals surface area (Å²) in [5.41, 5.74) is 1.60. The number of ether oxygens (including phenoxy) is 1. The summed E-state index contributed by atoms with van der Waals surface area (Å²) >= 11 is 0. The standard InChI is InChI=1S/C11H12N2O3/c1-16-10(15)6-9(14)11-12-7-4-2-3-5-8(7)13-11/h2-5,9,14H,6H2,1H3,(H,12,13)/t9-/m0/s1. The first-order chi connectivity index (χ1) is 7.70. The molecule has 0 fully saturated rings.